The molecule has 0 saturated heterocycles. The quantitative estimate of drug-likeness (QED) is 0.733. The molecule has 3 rings (SSSR count). The molecule has 0 unspecified atom stereocenters. The summed E-state index contributed by atoms with van der Waals surface area (Å²) in [6.07, 6.45) is 0. The van der Waals surface area contributed by atoms with E-state index in [1.54, 1.807) is 6.07 Å². The van der Waals surface area contributed by atoms with E-state index in [2.05, 4.69) is 0 Å². The third-order valence-corrected chi connectivity index (χ3v) is 3.28. The van der Waals surface area contributed by atoms with Gasteiger partial charge in [0.25, 0.3) is 0 Å². The van der Waals surface area contributed by atoms with E-state index in [9.17, 15) is 19.8 Å². The number of carboxylic acid groups (broad SMARTS) is 1. The Morgan fingerprint density at radius 1 is 1.27 bits per heavy atom. The third kappa shape index (κ3) is 2.44. The second-order valence-electron chi connectivity index (χ2n) is 4.55. The number of hydrogen-bond acceptors (Lipinski definition) is 6. The average molecular weight is 320 g/mol. The largest absolute Gasteiger partial charge is 0.546 e. The van der Waals surface area contributed by atoms with E-state index in [4.69, 9.17) is 20.8 Å². The van der Waals surface area contributed by atoms with Crippen LogP contribution in [0.4, 0.5) is 0 Å². The summed E-state index contributed by atoms with van der Waals surface area (Å²) >= 11 is 5.85. The van der Waals surface area contributed by atoms with Gasteiger partial charge in [-0.1, -0.05) is 11.6 Å². The smallest absolute Gasteiger partial charge is 0.204 e. The van der Waals surface area contributed by atoms with Gasteiger partial charge in [-0.3, -0.25) is 4.79 Å². The van der Waals surface area contributed by atoms with Crippen LogP contribution in [0.15, 0.2) is 39.5 Å². The lowest BCUT2D eigenvalue weighted by atomic mass is 10.1. The van der Waals surface area contributed by atoms with Gasteiger partial charge in [0.15, 0.2) is 0 Å². The Hall–Kier alpha value is -2.73. The fraction of sp³-hybridized carbons (Fsp3) is 0.0667. The molecule has 1 heterocycles. The Balaban J connectivity index is 2.26. The van der Waals surface area contributed by atoms with Gasteiger partial charge in [-0.15, -0.1) is 0 Å². The van der Waals surface area contributed by atoms with E-state index in [1.165, 1.54) is 18.2 Å². The van der Waals surface area contributed by atoms with Crippen LogP contribution in [-0.2, 0) is 4.79 Å². The fourth-order valence-corrected chi connectivity index (χ4v) is 2.30. The molecule has 2 aromatic carbocycles. The van der Waals surface area contributed by atoms with Crippen molar-refractivity contribution in [3.05, 3.63) is 45.6 Å². The summed E-state index contributed by atoms with van der Waals surface area (Å²) in [4.78, 5) is 22.8. The Bertz CT molecular complexity index is 960. The van der Waals surface area contributed by atoms with Gasteiger partial charge in [-0.05, 0) is 18.2 Å². The van der Waals surface area contributed by atoms with E-state index in [0.717, 1.165) is 6.07 Å². The monoisotopic (exact) mass is 319 g/mol. The van der Waals surface area contributed by atoms with Gasteiger partial charge in [0, 0.05) is 17.2 Å². The van der Waals surface area contributed by atoms with Gasteiger partial charge >= 0.3 is 0 Å². The number of phenolic OH excluding ortho intramolecular Hbond substituents is 1. The number of rotatable bonds is 3. The minimum absolute atomic E-state index is 0.0319. The van der Waals surface area contributed by atoms with Crippen molar-refractivity contribution in [1.29, 1.82) is 0 Å². The molecule has 0 radical (unpaired) electrons. The van der Waals surface area contributed by atoms with Gasteiger partial charge in [0.05, 0.1) is 11.4 Å². The van der Waals surface area contributed by atoms with E-state index in [0.29, 0.717) is 10.6 Å². The Kier molecular flexibility index (Phi) is 3.38. The molecule has 0 fully saturated rings. The summed E-state index contributed by atoms with van der Waals surface area (Å²) in [5.41, 5.74) is -0.0748. The van der Waals surface area contributed by atoms with Gasteiger partial charge < -0.3 is 24.2 Å². The minimum atomic E-state index is -1.41. The first kappa shape index (κ1) is 14.2. The van der Waals surface area contributed by atoms with Gasteiger partial charge in [-0.2, -0.15) is 0 Å². The summed E-state index contributed by atoms with van der Waals surface area (Å²) in [5, 5.41) is 21.0. The molecule has 0 aliphatic carbocycles. The van der Waals surface area contributed by atoms with Crippen LogP contribution in [0, 0.1) is 0 Å². The normalized spacial score (nSPS) is 11.0. The lowest BCUT2D eigenvalue weighted by Gasteiger charge is -2.09. The number of fused-ring (bicyclic) bond motifs is 2. The van der Waals surface area contributed by atoms with Crippen LogP contribution in [0.1, 0.15) is 0 Å². The van der Waals surface area contributed by atoms with Crippen LogP contribution >= 0.6 is 11.6 Å². The van der Waals surface area contributed by atoms with Crippen molar-refractivity contribution in [3.8, 4) is 11.5 Å². The predicted molar refractivity (Wildman–Crippen MR) is 77.2 cm³/mol. The SMILES string of the molecule is O=C([O-])COc1cc(O)c2c(=O)c3cc(Cl)ccc3oc2c1. The molecule has 0 amide bonds. The predicted octanol–water partition coefficient (Wildman–Crippen LogP) is 1.43. The maximum Gasteiger partial charge on any atom is 0.204 e. The number of hydrogen-bond donors (Lipinski definition) is 1. The van der Waals surface area contributed by atoms with Crippen molar-refractivity contribution in [2.75, 3.05) is 6.61 Å². The van der Waals surface area contributed by atoms with E-state index in [1.807, 2.05) is 0 Å². The zero-order valence-corrected chi connectivity index (χ0v) is 11.7. The molecule has 22 heavy (non-hydrogen) atoms. The zero-order chi connectivity index (χ0) is 15.9. The second kappa shape index (κ2) is 5.23. The van der Waals surface area contributed by atoms with Crippen LogP contribution < -0.4 is 15.3 Å². The standard InChI is InChI=1S/C15H9ClO6/c16-7-1-2-11-9(3-7)15(20)14-10(17)4-8(5-12(14)22-11)21-6-13(18)19/h1-5,17H,6H2,(H,18,19)/p-1. The number of aliphatic carboxylic acids is 1. The molecule has 0 aliphatic rings. The highest BCUT2D eigenvalue weighted by atomic mass is 35.5. The first-order valence-corrected chi connectivity index (χ1v) is 6.55. The van der Waals surface area contributed by atoms with Crippen LogP contribution in [0.3, 0.4) is 0 Å². The highest BCUT2D eigenvalue weighted by Crippen LogP contribution is 2.31. The topological polar surface area (TPSA) is 99.8 Å². The molecular weight excluding hydrogens is 312 g/mol. The lowest BCUT2D eigenvalue weighted by Crippen LogP contribution is -2.28. The summed E-state index contributed by atoms with van der Waals surface area (Å²) in [5.74, 6) is -1.73. The average Bonchev–Trinajstić information content (AvgIpc) is 2.45. The number of aromatic hydroxyl groups is 1. The summed E-state index contributed by atoms with van der Waals surface area (Å²) < 4.78 is 10.5. The Labute approximate surface area is 128 Å². The summed E-state index contributed by atoms with van der Waals surface area (Å²) in [6.45, 7) is -0.682. The van der Waals surface area contributed by atoms with Gasteiger partial charge in [-0.25, -0.2) is 0 Å². The van der Waals surface area contributed by atoms with Crippen LogP contribution in [-0.4, -0.2) is 17.7 Å². The van der Waals surface area contributed by atoms with E-state index >= 15 is 0 Å². The summed E-state index contributed by atoms with van der Waals surface area (Å²) in [7, 11) is 0. The van der Waals surface area contributed by atoms with Crippen molar-refractivity contribution in [2.24, 2.45) is 0 Å². The molecule has 112 valence electrons. The molecule has 0 spiro atoms. The van der Waals surface area contributed by atoms with Crippen molar-refractivity contribution in [2.45, 2.75) is 0 Å². The Morgan fingerprint density at radius 3 is 2.77 bits per heavy atom. The van der Waals surface area contributed by atoms with E-state index < -0.39 is 18.0 Å². The number of halogens is 1. The molecule has 0 bridgehead atoms. The third-order valence-electron chi connectivity index (χ3n) is 3.04. The molecule has 7 heteroatoms. The van der Waals surface area contributed by atoms with Crippen molar-refractivity contribution >= 4 is 39.5 Å². The zero-order valence-electron chi connectivity index (χ0n) is 11.0. The number of phenols is 1. The second-order valence-corrected chi connectivity index (χ2v) is 4.98. The van der Waals surface area contributed by atoms with E-state index in [-0.39, 0.29) is 27.9 Å². The molecule has 0 aliphatic heterocycles. The van der Waals surface area contributed by atoms with Crippen LogP contribution in [0.2, 0.25) is 5.02 Å². The molecule has 0 atom stereocenters. The van der Waals surface area contributed by atoms with Gasteiger partial charge in [0.2, 0.25) is 5.43 Å². The fourth-order valence-electron chi connectivity index (χ4n) is 2.13. The number of ether oxygens (including phenoxy) is 1. The molecule has 1 aromatic heterocycles. The van der Waals surface area contributed by atoms with Crippen LogP contribution in [0.25, 0.3) is 21.9 Å². The number of carboxylic acids is 1. The molecule has 0 saturated carbocycles. The van der Waals surface area contributed by atoms with Crippen molar-refractivity contribution < 1.29 is 24.2 Å². The van der Waals surface area contributed by atoms with Crippen molar-refractivity contribution in [3.63, 3.8) is 0 Å². The highest BCUT2D eigenvalue weighted by molar-refractivity contribution is 6.31. The first-order valence-electron chi connectivity index (χ1n) is 6.17. The first-order chi connectivity index (χ1) is 10.5. The highest BCUT2D eigenvalue weighted by Gasteiger charge is 2.14. The lowest BCUT2D eigenvalue weighted by molar-refractivity contribution is -0.307. The molecular formula is C15H8ClO6-. The molecule has 1 N–H and O–H groups in total. The summed E-state index contributed by atoms with van der Waals surface area (Å²) in [6, 6.07) is 7.01. The Morgan fingerprint density at radius 2 is 2.05 bits per heavy atom. The maximum atomic E-state index is 12.4. The van der Waals surface area contributed by atoms with Crippen LogP contribution in [0.5, 0.6) is 11.5 Å². The number of carbonyl (C=O) groups is 1. The number of carbonyl (C=O) groups excluding carboxylic acids is 1. The minimum Gasteiger partial charge on any atom is -0.546 e. The maximum absolute atomic E-state index is 12.4. The number of benzene rings is 2. The van der Waals surface area contributed by atoms with Crippen molar-refractivity contribution in [1.82, 2.24) is 0 Å². The molecule has 6 nitrogen and oxygen atoms in total. The molecule has 3 aromatic rings. The van der Waals surface area contributed by atoms with Gasteiger partial charge in [0.1, 0.15) is 34.7 Å².